The Kier molecular flexibility index (Phi) is 3.38. The fourth-order valence-corrected chi connectivity index (χ4v) is 2.25. The molecule has 0 spiro atoms. The molecule has 16 heavy (non-hydrogen) atoms. The Morgan fingerprint density at radius 2 is 2.12 bits per heavy atom. The first-order valence-corrected chi connectivity index (χ1v) is 6.63. The Morgan fingerprint density at radius 1 is 1.44 bits per heavy atom. The Balaban J connectivity index is 2.15. The van der Waals surface area contributed by atoms with Crippen LogP contribution in [0.3, 0.4) is 0 Å². The highest BCUT2D eigenvalue weighted by molar-refractivity contribution is 7.98. The molecule has 0 aliphatic carbocycles. The summed E-state index contributed by atoms with van der Waals surface area (Å²) in [6.45, 7) is 1.62. The van der Waals surface area contributed by atoms with Gasteiger partial charge in [0.1, 0.15) is 10.8 Å². The molecular formula is C10H16N4OS. The zero-order valence-electron chi connectivity index (χ0n) is 9.35. The number of hydrogen-bond acceptors (Lipinski definition) is 4. The molecule has 0 saturated carbocycles. The van der Waals surface area contributed by atoms with Crippen molar-refractivity contribution in [3.8, 4) is 0 Å². The summed E-state index contributed by atoms with van der Waals surface area (Å²) in [5.41, 5.74) is 5.76. The van der Waals surface area contributed by atoms with Crippen molar-refractivity contribution in [2.24, 2.45) is 0 Å². The SMILES string of the molecule is CSc1cc(N)n(C(=O)N2CCCCC2)n1. The maximum atomic E-state index is 12.1. The van der Waals surface area contributed by atoms with Crippen molar-refractivity contribution in [1.82, 2.24) is 14.7 Å². The first kappa shape index (κ1) is 11.3. The van der Waals surface area contributed by atoms with E-state index in [-0.39, 0.29) is 6.03 Å². The predicted octanol–water partition coefficient (Wildman–Crippen LogP) is 1.64. The number of nitrogens with zero attached hydrogens (tertiary/aromatic N) is 3. The van der Waals surface area contributed by atoms with E-state index in [0.29, 0.717) is 5.82 Å². The van der Waals surface area contributed by atoms with E-state index in [1.165, 1.54) is 22.9 Å². The van der Waals surface area contributed by atoms with Gasteiger partial charge in [-0.25, -0.2) is 4.79 Å². The number of nitrogen functional groups attached to an aromatic ring is 1. The van der Waals surface area contributed by atoms with Crippen LogP contribution in [0.5, 0.6) is 0 Å². The third-order valence-electron chi connectivity index (χ3n) is 2.73. The number of nitrogens with two attached hydrogens (primary N) is 1. The van der Waals surface area contributed by atoms with Gasteiger partial charge < -0.3 is 10.6 Å². The van der Waals surface area contributed by atoms with Crippen LogP contribution >= 0.6 is 11.8 Å². The standard InChI is InChI=1S/C10H16N4OS/c1-16-9-7-8(11)14(12-9)10(15)13-5-3-2-4-6-13/h7H,2-6,11H2,1H3. The Labute approximate surface area is 99.0 Å². The molecule has 0 atom stereocenters. The minimum absolute atomic E-state index is 0.0995. The van der Waals surface area contributed by atoms with Gasteiger partial charge in [-0.15, -0.1) is 11.8 Å². The van der Waals surface area contributed by atoms with Crippen LogP contribution in [0.1, 0.15) is 19.3 Å². The Morgan fingerprint density at radius 3 is 2.69 bits per heavy atom. The number of anilines is 1. The number of carbonyl (C=O) groups is 1. The van der Waals surface area contributed by atoms with Crippen LogP contribution in [-0.2, 0) is 0 Å². The zero-order valence-corrected chi connectivity index (χ0v) is 10.2. The molecule has 2 heterocycles. The van der Waals surface area contributed by atoms with Gasteiger partial charge in [0, 0.05) is 19.2 Å². The number of thioether (sulfide) groups is 1. The normalized spacial score (nSPS) is 16.4. The monoisotopic (exact) mass is 240 g/mol. The molecule has 5 nitrogen and oxygen atoms in total. The summed E-state index contributed by atoms with van der Waals surface area (Å²) < 4.78 is 1.30. The van der Waals surface area contributed by atoms with Crippen molar-refractivity contribution in [2.75, 3.05) is 25.1 Å². The van der Waals surface area contributed by atoms with Crippen LogP contribution < -0.4 is 5.73 Å². The van der Waals surface area contributed by atoms with Gasteiger partial charge in [-0.05, 0) is 25.5 Å². The molecule has 1 fully saturated rings. The van der Waals surface area contributed by atoms with Crippen LogP contribution in [0.4, 0.5) is 10.6 Å². The maximum Gasteiger partial charge on any atom is 0.346 e. The number of carbonyl (C=O) groups excluding carboxylic acids is 1. The van der Waals surface area contributed by atoms with Gasteiger partial charge in [0.05, 0.1) is 0 Å². The summed E-state index contributed by atoms with van der Waals surface area (Å²) in [5.74, 6) is 0.417. The van der Waals surface area contributed by atoms with Crippen LogP contribution in [-0.4, -0.2) is 40.1 Å². The van der Waals surface area contributed by atoms with Crippen LogP contribution in [0.2, 0.25) is 0 Å². The number of piperidine rings is 1. The van der Waals surface area contributed by atoms with Crippen molar-refractivity contribution in [3.63, 3.8) is 0 Å². The van der Waals surface area contributed by atoms with Gasteiger partial charge in [0.25, 0.3) is 0 Å². The highest BCUT2D eigenvalue weighted by Crippen LogP contribution is 2.18. The molecule has 88 valence electrons. The van der Waals surface area contributed by atoms with Crippen molar-refractivity contribution >= 4 is 23.6 Å². The number of rotatable bonds is 1. The van der Waals surface area contributed by atoms with Gasteiger partial charge in [0.15, 0.2) is 0 Å². The van der Waals surface area contributed by atoms with Gasteiger partial charge >= 0.3 is 6.03 Å². The average Bonchev–Trinajstić information content (AvgIpc) is 2.71. The zero-order chi connectivity index (χ0) is 11.5. The van der Waals surface area contributed by atoms with Gasteiger partial charge in [-0.2, -0.15) is 9.78 Å². The largest absolute Gasteiger partial charge is 0.383 e. The van der Waals surface area contributed by atoms with Crippen molar-refractivity contribution in [1.29, 1.82) is 0 Å². The summed E-state index contributed by atoms with van der Waals surface area (Å²) in [6.07, 6.45) is 5.26. The van der Waals surface area contributed by atoms with Gasteiger partial charge in [0.2, 0.25) is 0 Å². The summed E-state index contributed by atoms with van der Waals surface area (Å²) in [6, 6.07) is 1.63. The Hall–Kier alpha value is -1.17. The third kappa shape index (κ3) is 2.16. The van der Waals surface area contributed by atoms with E-state index in [4.69, 9.17) is 5.73 Å². The van der Waals surface area contributed by atoms with E-state index in [1.54, 1.807) is 6.07 Å². The van der Waals surface area contributed by atoms with Crippen LogP contribution in [0.25, 0.3) is 0 Å². The van der Waals surface area contributed by atoms with Crippen LogP contribution in [0.15, 0.2) is 11.1 Å². The lowest BCUT2D eigenvalue weighted by Crippen LogP contribution is -2.39. The second kappa shape index (κ2) is 4.78. The Bertz CT molecular complexity index is 384. The highest BCUT2D eigenvalue weighted by Gasteiger charge is 2.20. The number of likely N-dealkylation sites (tertiary alicyclic amines) is 1. The second-order valence-electron chi connectivity index (χ2n) is 3.85. The summed E-state index contributed by atoms with van der Waals surface area (Å²) >= 11 is 1.49. The fraction of sp³-hybridized carbons (Fsp3) is 0.600. The first-order valence-electron chi connectivity index (χ1n) is 5.41. The van der Waals surface area contributed by atoms with Crippen LogP contribution in [0, 0.1) is 0 Å². The van der Waals surface area contributed by atoms with Crippen molar-refractivity contribution < 1.29 is 4.79 Å². The fourth-order valence-electron chi connectivity index (χ4n) is 1.84. The van der Waals surface area contributed by atoms with Gasteiger partial charge in [-0.1, -0.05) is 0 Å². The molecule has 0 aromatic carbocycles. The molecule has 2 rings (SSSR count). The molecule has 0 bridgehead atoms. The number of hydrogen-bond donors (Lipinski definition) is 1. The predicted molar refractivity (Wildman–Crippen MR) is 64.6 cm³/mol. The second-order valence-corrected chi connectivity index (χ2v) is 4.68. The third-order valence-corrected chi connectivity index (χ3v) is 3.35. The molecular weight excluding hydrogens is 224 g/mol. The van der Waals surface area contributed by atoms with E-state index in [9.17, 15) is 4.79 Å². The molecule has 1 saturated heterocycles. The smallest absolute Gasteiger partial charge is 0.346 e. The molecule has 1 aliphatic heterocycles. The van der Waals surface area contributed by atoms with E-state index in [1.807, 2.05) is 11.2 Å². The average molecular weight is 240 g/mol. The minimum atomic E-state index is -0.0995. The molecule has 2 N–H and O–H groups in total. The van der Waals surface area contributed by atoms with E-state index in [2.05, 4.69) is 5.10 Å². The number of aromatic nitrogens is 2. The number of amides is 1. The van der Waals surface area contributed by atoms with Crippen molar-refractivity contribution in [3.05, 3.63) is 6.07 Å². The molecule has 1 aliphatic rings. The molecule has 6 heteroatoms. The lowest BCUT2D eigenvalue weighted by atomic mass is 10.1. The summed E-state index contributed by atoms with van der Waals surface area (Å²) in [7, 11) is 0. The minimum Gasteiger partial charge on any atom is -0.383 e. The molecule has 0 unspecified atom stereocenters. The topological polar surface area (TPSA) is 64.2 Å². The molecule has 0 radical (unpaired) electrons. The van der Waals surface area contributed by atoms with Crippen molar-refractivity contribution in [2.45, 2.75) is 24.3 Å². The van der Waals surface area contributed by atoms with E-state index in [0.717, 1.165) is 31.0 Å². The summed E-state index contributed by atoms with van der Waals surface area (Å²) in [4.78, 5) is 13.9. The quantitative estimate of drug-likeness (QED) is 0.758. The van der Waals surface area contributed by atoms with E-state index < -0.39 is 0 Å². The lowest BCUT2D eigenvalue weighted by Gasteiger charge is -2.26. The molecule has 1 aromatic heterocycles. The maximum absolute atomic E-state index is 12.1. The lowest BCUT2D eigenvalue weighted by molar-refractivity contribution is 0.185. The van der Waals surface area contributed by atoms with Gasteiger partial charge in [-0.3, -0.25) is 0 Å². The first-order chi connectivity index (χ1) is 7.72. The molecule has 1 aromatic rings. The molecule has 1 amide bonds. The van der Waals surface area contributed by atoms with E-state index >= 15 is 0 Å². The highest BCUT2D eigenvalue weighted by atomic mass is 32.2. The summed E-state index contributed by atoms with van der Waals surface area (Å²) in [5, 5.41) is 4.95.